The van der Waals surface area contributed by atoms with Gasteiger partial charge in [0.05, 0.1) is 15.3 Å². The molecule has 1 heterocycles. The molecule has 0 spiro atoms. The van der Waals surface area contributed by atoms with Crippen molar-refractivity contribution in [2.24, 2.45) is 0 Å². The van der Waals surface area contributed by atoms with Crippen LogP contribution in [0.25, 0.3) is 22.0 Å². The highest BCUT2D eigenvalue weighted by molar-refractivity contribution is 7.91. The average molecular weight is 409 g/mol. The highest BCUT2D eigenvalue weighted by atomic mass is 32.2. The zero-order valence-corrected chi connectivity index (χ0v) is 16.6. The fourth-order valence-electron chi connectivity index (χ4n) is 3.30. The van der Waals surface area contributed by atoms with Crippen molar-refractivity contribution in [2.45, 2.75) is 23.6 Å². The number of halogens is 2. The van der Waals surface area contributed by atoms with Gasteiger partial charge in [-0.25, -0.2) is 17.2 Å². The number of aryl methyl sites for hydroxylation is 2. The first-order valence-corrected chi connectivity index (χ1v) is 10.4. The van der Waals surface area contributed by atoms with Crippen molar-refractivity contribution in [1.82, 2.24) is 4.98 Å². The minimum atomic E-state index is -3.95. The Labute approximate surface area is 167 Å². The molecule has 1 aromatic heterocycles. The Bertz CT molecular complexity index is 1360. The zero-order valence-electron chi connectivity index (χ0n) is 15.8. The molecule has 4 aromatic rings. The van der Waals surface area contributed by atoms with E-state index in [9.17, 15) is 17.2 Å². The van der Waals surface area contributed by atoms with Crippen molar-refractivity contribution in [3.63, 3.8) is 0 Å². The number of pyridine rings is 1. The maximum Gasteiger partial charge on any atom is 0.208 e. The summed E-state index contributed by atoms with van der Waals surface area (Å²) in [7, 11) is -3.95. The Morgan fingerprint density at radius 3 is 2.31 bits per heavy atom. The lowest BCUT2D eigenvalue weighted by Gasteiger charge is -2.14. The summed E-state index contributed by atoms with van der Waals surface area (Å²) in [6.07, 6.45) is 1.21. The van der Waals surface area contributed by atoms with E-state index in [1.54, 1.807) is 24.3 Å². The minimum absolute atomic E-state index is 0.0505. The molecule has 146 valence electrons. The van der Waals surface area contributed by atoms with E-state index < -0.39 is 21.5 Å². The second-order valence-corrected chi connectivity index (χ2v) is 8.84. The summed E-state index contributed by atoms with van der Waals surface area (Å²) in [6.45, 7) is 3.74. The summed E-state index contributed by atoms with van der Waals surface area (Å²) in [5.74, 6) is -0.982. The minimum Gasteiger partial charge on any atom is -0.255 e. The largest absolute Gasteiger partial charge is 0.255 e. The monoisotopic (exact) mass is 409 g/mol. The van der Waals surface area contributed by atoms with Gasteiger partial charge in [-0.1, -0.05) is 18.2 Å². The molecule has 0 radical (unpaired) electrons. The standard InChI is InChI=1S/C23H17F2NO2S/c1-14-6-8-19(10-15(14)2)29(27,28)22-13-26-21-12-18(25)7-9-20(21)23(22)16-4-3-5-17(24)11-16/h3-13H,1-2H3. The summed E-state index contributed by atoms with van der Waals surface area (Å²) in [5, 5.41) is 0.432. The van der Waals surface area contributed by atoms with Gasteiger partial charge in [0.2, 0.25) is 9.84 Å². The molecule has 0 aliphatic rings. The van der Waals surface area contributed by atoms with Crippen molar-refractivity contribution in [3.8, 4) is 11.1 Å². The number of hydrogen-bond acceptors (Lipinski definition) is 3. The van der Waals surface area contributed by atoms with Crippen LogP contribution in [0.5, 0.6) is 0 Å². The van der Waals surface area contributed by atoms with E-state index in [4.69, 9.17) is 0 Å². The Kier molecular flexibility index (Phi) is 4.67. The first kappa shape index (κ1) is 19.2. The molecule has 0 fully saturated rings. The van der Waals surface area contributed by atoms with Crippen LogP contribution in [0.1, 0.15) is 11.1 Å². The van der Waals surface area contributed by atoms with Gasteiger partial charge in [-0.2, -0.15) is 0 Å². The van der Waals surface area contributed by atoms with Crippen LogP contribution in [-0.4, -0.2) is 13.4 Å². The van der Waals surface area contributed by atoms with Gasteiger partial charge in [0.25, 0.3) is 0 Å². The van der Waals surface area contributed by atoms with Gasteiger partial charge < -0.3 is 0 Å². The third-order valence-corrected chi connectivity index (χ3v) is 6.75. The third-order valence-electron chi connectivity index (χ3n) is 4.99. The van der Waals surface area contributed by atoms with Gasteiger partial charge in [-0.3, -0.25) is 4.98 Å². The molecule has 0 N–H and O–H groups in total. The second kappa shape index (κ2) is 7.04. The molecule has 29 heavy (non-hydrogen) atoms. The molecule has 0 aliphatic carbocycles. The Hall–Kier alpha value is -3.12. The Balaban J connectivity index is 2.08. The van der Waals surface area contributed by atoms with E-state index in [0.29, 0.717) is 22.0 Å². The highest BCUT2D eigenvalue weighted by Crippen LogP contribution is 2.37. The molecule has 0 saturated carbocycles. The van der Waals surface area contributed by atoms with Gasteiger partial charge >= 0.3 is 0 Å². The van der Waals surface area contributed by atoms with Gasteiger partial charge in [-0.05, 0) is 66.9 Å². The molecule has 0 saturated heterocycles. The molecule has 3 aromatic carbocycles. The number of aromatic nitrogens is 1. The van der Waals surface area contributed by atoms with Crippen LogP contribution >= 0.6 is 0 Å². The molecule has 0 unspecified atom stereocenters. The lowest BCUT2D eigenvalue weighted by Crippen LogP contribution is -2.06. The van der Waals surface area contributed by atoms with E-state index in [0.717, 1.165) is 11.1 Å². The van der Waals surface area contributed by atoms with Crippen molar-refractivity contribution < 1.29 is 17.2 Å². The van der Waals surface area contributed by atoms with Crippen LogP contribution in [-0.2, 0) is 9.84 Å². The van der Waals surface area contributed by atoms with Crippen LogP contribution in [0.15, 0.2) is 76.7 Å². The van der Waals surface area contributed by atoms with Gasteiger partial charge in [0.15, 0.2) is 0 Å². The normalized spacial score (nSPS) is 11.7. The van der Waals surface area contributed by atoms with Crippen molar-refractivity contribution in [3.05, 3.63) is 89.6 Å². The van der Waals surface area contributed by atoms with Gasteiger partial charge in [0.1, 0.15) is 11.6 Å². The van der Waals surface area contributed by atoms with Crippen molar-refractivity contribution in [2.75, 3.05) is 0 Å². The fourth-order valence-corrected chi connectivity index (χ4v) is 4.82. The summed E-state index contributed by atoms with van der Waals surface area (Å²) in [5.41, 5.74) is 2.79. The molecule has 6 heteroatoms. The predicted octanol–water partition coefficient (Wildman–Crippen LogP) is 5.63. The number of fused-ring (bicyclic) bond motifs is 1. The molecule has 0 bridgehead atoms. The zero-order chi connectivity index (χ0) is 20.8. The molecular weight excluding hydrogens is 392 g/mol. The van der Waals surface area contributed by atoms with E-state index in [-0.39, 0.29) is 9.79 Å². The Morgan fingerprint density at radius 2 is 1.59 bits per heavy atom. The van der Waals surface area contributed by atoms with Crippen LogP contribution in [0.4, 0.5) is 8.78 Å². The lowest BCUT2D eigenvalue weighted by molar-refractivity contribution is 0.596. The van der Waals surface area contributed by atoms with E-state index in [1.165, 1.54) is 42.6 Å². The Morgan fingerprint density at radius 1 is 0.828 bits per heavy atom. The maximum atomic E-state index is 13.9. The lowest BCUT2D eigenvalue weighted by atomic mass is 10.0. The number of sulfone groups is 1. The molecule has 3 nitrogen and oxygen atoms in total. The predicted molar refractivity (Wildman–Crippen MR) is 108 cm³/mol. The molecular formula is C23H17F2NO2S. The molecule has 4 rings (SSSR count). The van der Waals surface area contributed by atoms with Gasteiger partial charge in [0, 0.05) is 23.2 Å². The summed E-state index contributed by atoms with van der Waals surface area (Å²) in [6, 6.07) is 14.5. The summed E-state index contributed by atoms with van der Waals surface area (Å²) < 4.78 is 54.6. The smallest absolute Gasteiger partial charge is 0.208 e. The molecule has 0 atom stereocenters. The average Bonchev–Trinajstić information content (AvgIpc) is 2.68. The quantitative estimate of drug-likeness (QED) is 0.441. The summed E-state index contributed by atoms with van der Waals surface area (Å²) >= 11 is 0. The fraction of sp³-hybridized carbons (Fsp3) is 0.0870. The number of benzene rings is 3. The highest BCUT2D eigenvalue weighted by Gasteiger charge is 2.25. The van der Waals surface area contributed by atoms with Gasteiger partial charge in [-0.15, -0.1) is 0 Å². The maximum absolute atomic E-state index is 13.9. The molecule has 0 aliphatic heterocycles. The van der Waals surface area contributed by atoms with Crippen LogP contribution < -0.4 is 0 Å². The van der Waals surface area contributed by atoms with E-state index in [2.05, 4.69) is 4.98 Å². The topological polar surface area (TPSA) is 47.0 Å². The number of nitrogens with zero attached hydrogens (tertiary/aromatic N) is 1. The SMILES string of the molecule is Cc1ccc(S(=O)(=O)c2cnc3cc(F)ccc3c2-c2cccc(F)c2)cc1C. The molecule has 0 amide bonds. The van der Waals surface area contributed by atoms with E-state index in [1.807, 2.05) is 13.8 Å². The van der Waals surface area contributed by atoms with E-state index >= 15 is 0 Å². The third kappa shape index (κ3) is 3.40. The second-order valence-electron chi connectivity index (χ2n) is 6.92. The number of hydrogen-bond donors (Lipinski definition) is 0. The van der Waals surface area contributed by atoms with Crippen molar-refractivity contribution >= 4 is 20.7 Å². The number of rotatable bonds is 3. The van der Waals surface area contributed by atoms with Crippen molar-refractivity contribution in [1.29, 1.82) is 0 Å². The van der Waals surface area contributed by atoms with Crippen LogP contribution in [0.3, 0.4) is 0 Å². The summed E-state index contributed by atoms with van der Waals surface area (Å²) in [4.78, 5) is 4.25. The van der Waals surface area contributed by atoms with Crippen LogP contribution in [0.2, 0.25) is 0 Å². The first-order chi connectivity index (χ1) is 13.8. The first-order valence-electron chi connectivity index (χ1n) is 8.94. The van der Waals surface area contributed by atoms with Crippen LogP contribution in [0, 0.1) is 25.5 Å².